The van der Waals surface area contributed by atoms with Gasteiger partial charge in [0.15, 0.2) is 0 Å². The highest BCUT2D eigenvalue weighted by Crippen LogP contribution is 2.61. The average Bonchev–Trinajstić information content (AvgIpc) is 1.53. The Labute approximate surface area is 657 Å². The zero-order valence-corrected chi connectivity index (χ0v) is 64.3. The van der Waals surface area contributed by atoms with Crippen molar-refractivity contribution in [1.82, 2.24) is 0 Å². The normalized spacial score (nSPS) is 14.5. The molecule has 17 aromatic carbocycles. The van der Waals surface area contributed by atoms with Gasteiger partial charge in [0, 0.05) is 45.0 Å². The van der Waals surface area contributed by atoms with Crippen LogP contribution in [0.2, 0.25) is 0 Å². The first-order chi connectivity index (χ1) is 54.7. The second-order valence-electron chi connectivity index (χ2n) is 33.4. The van der Waals surface area contributed by atoms with E-state index in [1.165, 1.54) is 161 Å². The number of fused-ring (bicyclic) bond motifs is 14. The summed E-state index contributed by atoms with van der Waals surface area (Å²) in [5, 5.41) is 4.70. The minimum atomic E-state index is -0.611. The molecule has 0 aliphatic heterocycles. The number of rotatable bonds is 12. The first-order valence-electron chi connectivity index (χ1n) is 39.7. The minimum absolute atomic E-state index is 0.0628. The summed E-state index contributed by atoms with van der Waals surface area (Å²) in [6, 6.07) is 146. The van der Waals surface area contributed by atoms with E-state index in [0.29, 0.717) is 0 Å². The van der Waals surface area contributed by atoms with Crippen LogP contribution in [0.4, 0.5) is 34.1 Å². The molecule has 0 unspecified atom stereocenters. The van der Waals surface area contributed by atoms with Crippen molar-refractivity contribution in [2.75, 3.05) is 9.80 Å². The van der Waals surface area contributed by atoms with Gasteiger partial charge in [-0.05, 0) is 251 Å². The van der Waals surface area contributed by atoms with E-state index in [0.717, 1.165) is 34.1 Å². The van der Waals surface area contributed by atoms with Crippen LogP contribution in [-0.2, 0) is 27.1 Å². The Morgan fingerprint density at radius 2 is 0.482 bits per heavy atom. The average molecular weight is 1430 g/mol. The molecule has 0 heterocycles. The molecule has 21 rings (SSSR count). The van der Waals surface area contributed by atoms with E-state index in [1.807, 2.05) is 0 Å². The lowest BCUT2D eigenvalue weighted by Gasteiger charge is -2.35. The van der Waals surface area contributed by atoms with E-state index in [4.69, 9.17) is 0 Å². The van der Waals surface area contributed by atoms with Crippen LogP contribution in [0.15, 0.2) is 382 Å². The molecule has 112 heavy (non-hydrogen) atoms. The molecule has 0 fully saturated rings. The van der Waals surface area contributed by atoms with Crippen molar-refractivity contribution >= 4 is 55.7 Å². The highest BCUT2D eigenvalue weighted by molar-refractivity contribution is 6.23. The predicted octanol–water partition coefficient (Wildman–Crippen LogP) is 28.9. The number of nitrogens with zero attached hydrogens (tertiary/aromatic N) is 2. The minimum Gasteiger partial charge on any atom is -0.310 e. The molecule has 4 aliphatic rings. The highest BCUT2D eigenvalue weighted by atomic mass is 15.1. The van der Waals surface area contributed by atoms with Crippen molar-refractivity contribution in [2.24, 2.45) is 0 Å². The zero-order valence-electron chi connectivity index (χ0n) is 64.3. The van der Waals surface area contributed by atoms with Crippen LogP contribution in [0.25, 0.3) is 88.3 Å². The summed E-state index contributed by atoms with van der Waals surface area (Å²) >= 11 is 0. The Hall–Kier alpha value is -13.1. The molecule has 0 amide bonds. The third kappa shape index (κ3) is 9.83. The molecule has 0 bridgehead atoms. The lowest BCUT2D eigenvalue weighted by molar-refractivity contribution is 0.590. The van der Waals surface area contributed by atoms with Crippen molar-refractivity contribution in [2.45, 2.75) is 75.5 Å². The SMILES string of the molecule is CC(C)(C)c1ccc(N(c2ccc3c(c2)C(c2ccccc2)(c2ccccc2)c2ccccc2-3)c2ccc3c(-c4ccc5c(c4)C(C)(C)c4ccccc4-5)c4cc(N(c5ccccc5)c5ccc6c(c5)C(c5ccccc5)(c5ccccc5)c5ccccc5-6)ccc4c(-c4ccc5c(c4)C(C)(C)c4ccccc4-5)c3c2)cc1. The van der Waals surface area contributed by atoms with Gasteiger partial charge in [-0.1, -0.05) is 346 Å². The Morgan fingerprint density at radius 1 is 0.205 bits per heavy atom. The van der Waals surface area contributed by atoms with Gasteiger partial charge in [-0.2, -0.15) is 0 Å². The molecule has 0 saturated carbocycles. The van der Waals surface area contributed by atoms with Gasteiger partial charge in [-0.15, -0.1) is 0 Å². The van der Waals surface area contributed by atoms with Gasteiger partial charge in [-0.25, -0.2) is 0 Å². The van der Waals surface area contributed by atoms with E-state index >= 15 is 0 Å². The molecule has 0 N–H and O–H groups in total. The molecule has 0 aromatic heterocycles. The van der Waals surface area contributed by atoms with E-state index in [-0.39, 0.29) is 16.2 Å². The van der Waals surface area contributed by atoms with Gasteiger partial charge >= 0.3 is 0 Å². The molecule has 0 spiro atoms. The van der Waals surface area contributed by atoms with Crippen LogP contribution in [0.1, 0.15) is 121 Å². The van der Waals surface area contributed by atoms with Gasteiger partial charge in [0.1, 0.15) is 0 Å². The maximum atomic E-state index is 2.55. The molecule has 534 valence electrons. The number of benzene rings is 17. The van der Waals surface area contributed by atoms with Crippen LogP contribution in [0.3, 0.4) is 0 Å². The van der Waals surface area contributed by atoms with Crippen LogP contribution < -0.4 is 9.80 Å². The Morgan fingerprint density at radius 3 is 0.857 bits per heavy atom. The van der Waals surface area contributed by atoms with Gasteiger partial charge in [-0.3, -0.25) is 0 Å². The lowest BCUT2D eigenvalue weighted by Crippen LogP contribution is -2.28. The summed E-state index contributed by atoms with van der Waals surface area (Å²) in [5.41, 5.74) is 36.3. The molecule has 0 radical (unpaired) electrons. The van der Waals surface area contributed by atoms with Crippen LogP contribution in [0.5, 0.6) is 0 Å². The number of hydrogen-bond donors (Lipinski definition) is 0. The maximum absolute atomic E-state index is 2.55. The van der Waals surface area contributed by atoms with Crippen molar-refractivity contribution in [1.29, 1.82) is 0 Å². The fourth-order valence-corrected chi connectivity index (χ4v) is 20.5. The molecule has 2 heteroatoms. The van der Waals surface area contributed by atoms with Crippen LogP contribution >= 0.6 is 0 Å². The summed E-state index contributed by atoms with van der Waals surface area (Å²) in [6.07, 6.45) is 0. The smallest absolute Gasteiger partial charge is 0.0714 e. The van der Waals surface area contributed by atoms with E-state index < -0.39 is 10.8 Å². The van der Waals surface area contributed by atoms with Crippen molar-refractivity contribution < 1.29 is 0 Å². The second-order valence-corrected chi connectivity index (χ2v) is 33.4. The van der Waals surface area contributed by atoms with Crippen LogP contribution in [-0.4, -0.2) is 0 Å². The fraction of sp³-hybridized carbons (Fsp3) is 0.109. The monoisotopic (exact) mass is 1430 g/mol. The number of anilines is 6. The Kier molecular flexibility index (Phi) is 15.1. The summed E-state index contributed by atoms with van der Waals surface area (Å²) in [5.74, 6) is 0. The van der Waals surface area contributed by atoms with Crippen LogP contribution in [0, 0.1) is 0 Å². The number of para-hydroxylation sites is 1. The number of hydrogen-bond acceptors (Lipinski definition) is 2. The predicted molar refractivity (Wildman–Crippen MR) is 470 cm³/mol. The first kappa shape index (κ1) is 67.0. The second kappa shape index (κ2) is 25.2. The standard InChI is InChI=1S/C110H84N2/c1-106(2,3)73-51-53-79(54-52-73)112(83-56-62-91-87-44-26-30-48-99(87)110(103(91)70-83,76-35-17-10-18-36-76)77-37-19-11-20-38-77)81-58-64-93-95(68-81)105(72-50-60-89-85-42-24-28-46-97(85)108(6,7)101(89)66-72)92-63-57-80(67-94(92)104(93)71-49-59-88-84-41-23-27-45-96(84)107(4,5)100(88)65-71)111(78-39-21-12-22-40-78)82-55-61-90-86-43-25-29-47-98(86)109(102(90)69-82,74-31-13-8-14-32-74)75-33-15-9-16-34-75/h8-70H,1-7H3. The summed E-state index contributed by atoms with van der Waals surface area (Å²) in [7, 11) is 0. The van der Waals surface area contributed by atoms with Gasteiger partial charge in [0.05, 0.1) is 10.8 Å². The quantitative estimate of drug-likeness (QED) is 0.113. The maximum Gasteiger partial charge on any atom is 0.0714 e. The summed E-state index contributed by atoms with van der Waals surface area (Å²) in [4.78, 5) is 5.06. The molecular formula is C110H84N2. The van der Waals surface area contributed by atoms with Crippen molar-refractivity contribution in [3.05, 3.63) is 455 Å². The molecule has 17 aromatic rings. The largest absolute Gasteiger partial charge is 0.310 e. The van der Waals surface area contributed by atoms with Crippen molar-refractivity contribution in [3.63, 3.8) is 0 Å². The summed E-state index contributed by atoms with van der Waals surface area (Å²) < 4.78 is 0. The van der Waals surface area contributed by atoms with Gasteiger partial charge < -0.3 is 9.80 Å². The third-order valence-electron chi connectivity index (χ3n) is 25.8. The van der Waals surface area contributed by atoms with Gasteiger partial charge in [0.25, 0.3) is 0 Å². The highest BCUT2D eigenvalue weighted by Gasteiger charge is 2.49. The van der Waals surface area contributed by atoms with E-state index in [1.54, 1.807) is 0 Å². The zero-order chi connectivity index (χ0) is 75.4. The first-order valence-corrected chi connectivity index (χ1v) is 39.7. The van der Waals surface area contributed by atoms with Gasteiger partial charge in [0.2, 0.25) is 0 Å². The van der Waals surface area contributed by atoms with E-state index in [2.05, 4.69) is 440 Å². The fourth-order valence-electron chi connectivity index (χ4n) is 20.5. The topological polar surface area (TPSA) is 6.48 Å². The molecule has 0 atom stereocenters. The molecule has 0 saturated heterocycles. The molecule has 4 aliphatic carbocycles. The third-order valence-corrected chi connectivity index (χ3v) is 25.8. The summed E-state index contributed by atoms with van der Waals surface area (Å²) in [6.45, 7) is 16.6. The Balaban J connectivity index is 0.855. The van der Waals surface area contributed by atoms with Crippen molar-refractivity contribution in [3.8, 4) is 66.8 Å². The molecule has 2 nitrogen and oxygen atoms in total. The molecular weight excluding hydrogens is 1350 g/mol. The van der Waals surface area contributed by atoms with E-state index in [9.17, 15) is 0 Å². The Bertz CT molecular complexity index is 6560. The lowest BCUT2D eigenvalue weighted by atomic mass is 9.67.